The van der Waals surface area contributed by atoms with Crippen molar-refractivity contribution in [1.29, 1.82) is 0 Å². The van der Waals surface area contributed by atoms with Gasteiger partial charge >= 0.3 is 0 Å². The van der Waals surface area contributed by atoms with Gasteiger partial charge in [0, 0.05) is 13.1 Å². The molecule has 0 aromatic heterocycles. The molecule has 2 N–H and O–H groups in total. The summed E-state index contributed by atoms with van der Waals surface area (Å²) in [5, 5.41) is 12.7. The average molecular weight is 290 g/mol. The maximum atomic E-state index is 13.2. The molecule has 0 spiro atoms. The molecule has 16 heavy (non-hydrogen) atoms. The second kappa shape index (κ2) is 6.33. The van der Waals surface area contributed by atoms with Crippen molar-refractivity contribution in [2.75, 3.05) is 6.54 Å². The standard InChI is InChI=1S/C12H17BrFNO/c1-8(2)11(16)7-15-6-9-4-3-5-10(14)12(9)13/h3-5,8,11,15-16H,6-7H2,1-2H3. The van der Waals surface area contributed by atoms with Crippen LogP contribution in [0, 0.1) is 11.7 Å². The Labute approximate surface area is 104 Å². The summed E-state index contributed by atoms with van der Waals surface area (Å²) in [5.74, 6) is -0.0350. The first-order valence-electron chi connectivity index (χ1n) is 5.34. The molecule has 0 saturated heterocycles. The van der Waals surface area contributed by atoms with Gasteiger partial charge in [0.2, 0.25) is 0 Å². The van der Waals surface area contributed by atoms with Crippen LogP contribution in [0.2, 0.25) is 0 Å². The number of rotatable bonds is 5. The maximum Gasteiger partial charge on any atom is 0.137 e. The van der Waals surface area contributed by atoms with Crippen LogP contribution in [-0.4, -0.2) is 17.8 Å². The highest BCUT2D eigenvalue weighted by Crippen LogP contribution is 2.20. The van der Waals surface area contributed by atoms with E-state index in [1.165, 1.54) is 6.07 Å². The van der Waals surface area contributed by atoms with Crippen LogP contribution in [0.3, 0.4) is 0 Å². The molecule has 1 aromatic rings. The molecule has 1 atom stereocenters. The molecule has 0 fully saturated rings. The molecular formula is C12H17BrFNO. The number of aliphatic hydroxyl groups is 1. The monoisotopic (exact) mass is 289 g/mol. The summed E-state index contributed by atoms with van der Waals surface area (Å²) in [7, 11) is 0. The largest absolute Gasteiger partial charge is 0.392 e. The first-order valence-corrected chi connectivity index (χ1v) is 6.13. The number of halogens is 2. The first-order chi connectivity index (χ1) is 7.52. The second-order valence-corrected chi connectivity index (χ2v) is 4.95. The summed E-state index contributed by atoms with van der Waals surface area (Å²) in [5.41, 5.74) is 0.857. The third-order valence-electron chi connectivity index (χ3n) is 2.47. The van der Waals surface area contributed by atoms with Crippen LogP contribution in [0.4, 0.5) is 4.39 Å². The zero-order valence-corrected chi connectivity index (χ0v) is 11.1. The lowest BCUT2D eigenvalue weighted by molar-refractivity contribution is 0.123. The highest BCUT2D eigenvalue weighted by Gasteiger charge is 2.09. The van der Waals surface area contributed by atoms with E-state index in [9.17, 15) is 9.50 Å². The lowest BCUT2D eigenvalue weighted by atomic mass is 10.1. The van der Waals surface area contributed by atoms with E-state index in [1.807, 2.05) is 19.9 Å². The van der Waals surface area contributed by atoms with Gasteiger partial charge in [-0.05, 0) is 33.5 Å². The molecule has 1 unspecified atom stereocenters. The van der Waals surface area contributed by atoms with E-state index in [2.05, 4.69) is 21.2 Å². The number of aliphatic hydroxyl groups excluding tert-OH is 1. The fraction of sp³-hybridized carbons (Fsp3) is 0.500. The smallest absolute Gasteiger partial charge is 0.137 e. The fourth-order valence-electron chi connectivity index (χ4n) is 1.28. The van der Waals surface area contributed by atoms with Crippen molar-refractivity contribution in [3.63, 3.8) is 0 Å². The Bertz CT molecular complexity index is 344. The van der Waals surface area contributed by atoms with Crippen LogP contribution in [-0.2, 0) is 6.54 Å². The zero-order valence-electron chi connectivity index (χ0n) is 9.50. The molecule has 0 aliphatic carbocycles. The van der Waals surface area contributed by atoms with Crippen molar-refractivity contribution in [3.05, 3.63) is 34.1 Å². The summed E-state index contributed by atoms with van der Waals surface area (Å²) < 4.78 is 13.7. The average Bonchev–Trinajstić information content (AvgIpc) is 2.24. The van der Waals surface area contributed by atoms with Crippen LogP contribution in [0.5, 0.6) is 0 Å². The van der Waals surface area contributed by atoms with Crippen molar-refractivity contribution < 1.29 is 9.50 Å². The van der Waals surface area contributed by atoms with Gasteiger partial charge in [-0.1, -0.05) is 26.0 Å². The number of nitrogens with one attached hydrogen (secondary N) is 1. The molecule has 1 rings (SSSR count). The number of hydrogen-bond acceptors (Lipinski definition) is 2. The van der Waals surface area contributed by atoms with Crippen molar-refractivity contribution in [3.8, 4) is 0 Å². The quantitative estimate of drug-likeness (QED) is 0.874. The van der Waals surface area contributed by atoms with E-state index in [0.29, 0.717) is 17.6 Å². The van der Waals surface area contributed by atoms with Gasteiger partial charge in [-0.25, -0.2) is 4.39 Å². The van der Waals surface area contributed by atoms with Crippen LogP contribution >= 0.6 is 15.9 Å². The van der Waals surface area contributed by atoms with Gasteiger partial charge in [0.25, 0.3) is 0 Å². The van der Waals surface area contributed by atoms with Gasteiger partial charge in [0.15, 0.2) is 0 Å². The molecule has 0 bridgehead atoms. The molecular weight excluding hydrogens is 273 g/mol. The van der Waals surface area contributed by atoms with Crippen LogP contribution in [0.1, 0.15) is 19.4 Å². The Morgan fingerprint density at radius 3 is 2.75 bits per heavy atom. The van der Waals surface area contributed by atoms with Gasteiger partial charge in [-0.3, -0.25) is 0 Å². The molecule has 0 saturated carbocycles. The summed E-state index contributed by atoms with van der Waals surface area (Å²) in [4.78, 5) is 0. The van der Waals surface area contributed by atoms with Crippen LogP contribution < -0.4 is 5.32 Å². The number of benzene rings is 1. The van der Waals surface area contributed by atoms with Gasteiger partial charge in [0.05, 0.1) is 10.6 Å². The molecule has 0 radical (unpaired) electrons. The Morgan fingerprint density at radius 1 is 1.44 bits per heavy atom. The maximum absolute atomic E-state index is 13.2. The molecule has 0 amide bonds. The van der Waals surface area contributed by atoms with Gasteiger partial charge in [-0.2, -0.15) is 0 Å². The SMILES string of the molecule is CC(C)C(O)CNCc1cccc(F)c1Br. The Morgan fingerprint density at radius 2 is 2.12 bits per heavy atom. The Balaban J connectivity index is 2.46. The predicted molar refractivity (Wildman–Crippen MR) is 66.7 cm³/mol. The normalized spacial score (nSPS) is 13.1. The molecule has 0 heterocycles. The highest BCUT2D eigenvalue weighted by atomic mass is 79.9. The van der Waals surface area contributed by atoms with E-state index in [0.717, 1.165) is 5.56 Å². The van der Waals surface area contributed by atoms with Gasteiger partial charge in [-0.15, -0.1) is 0 Å². The minimum Gasteiger partial charge on any atom is -0.392 e. The minimum atomic E-state index is -0.368. The molecule has 4 heteroatoms. The van der Waals surface area contributed by atoms with Crippen LogP contribution in [0.25, 0.3) is 0 Å². The zero-order chi connectivity index (χ0) is 12.1. The van der Waals surface area contributed by atoms with E-state index in [-0.39, 0.29) is 17.8 Å². The molecule has 0 aliphatic rings. The van der Waals surface area contributed by atoms with Crippen molar-refractivity contribution in [1.82, 2.24) is 5.32 Å². The second-order valence-electron chi connectivity index (χ2n) is 4.16. The topological polar surface area (TPSA) is 32.3 Å². The third kappa shape index (κ3) is 3.85. The van der Waals surface area contributed by atoms with Gasteiger partial charge in [0.1, 0.15) is 5.82 Å². The van der Waals surface area contributed by atoms with E-state index < -0.39 is 0 Å². The van der Waals surface area contributed by atoms with E-state index >= 15 is 0 Å². The van der Waals surface area contributed by atoms with Crippen molar-refractivity contribution >= 4 is 15.9 Å². The predicted octanol–water partition coefficient (Wildman–Crippen LogP) is 2.69. The number of hydrogen-bond donors (Lipinski definition) is 2. The minimum absolute atomic E-state index is 0.225. The summed E-state index contributed by atoms with van der Waals surface area (Å²) >= 11 is 3.20. The highest BCUT2D eigenvalue weighted by molar-refractivity contribution is 9.10. The van der Waals surface area contributed by atoms with Crippen LogP contribution in [0.15, 0.2) is 22.7 Å². The van der Waals surface area contributed by atoms with Gasteiger partial charge < -0.3 is 10.4 Å². The summed E-state index contributed by atoms with van der Waals surface area (Å²) in [6.45, 7) is 4.98. The molecule has 0 aliphatic heterocycles. The lowest BCUT2D eigenvalue weighted by Crippen LogP contribution is -2.30. The lowest BCUT2D eigenvalue weighted by Gasteiger charge is -2.15. The molecule has 90 valence electrons. The van der Waals surface area contributed by atoms with E-state index in [4.69, 9.17) is 0 Å². The Hall–Kier alpha value is -0.450. The fourth-order valence-corrected chi connectivity index (χ4v) is 1.68. The molecule has 1 aromatic carbocycles. The van der Waals surface area contributed by atoms with E-state index in [1.54, 1.807) is 6.07 Å². The molecule has 2 nitrogen and oxygen atoms in total. The van der Waals surface area contributed by atoms with Crippen molar-refractivity contribution in [2.45, 2.75) is 26.5 Å². The summed E-state index contributed by atoms with van der Waals surface area (Å²) in [6, 6.07) is 4.94. The first kappa shape index (κ1) is 13.6. The third-order valence-corrected chi connectivity index (χ3v) is 3.36. The summed E-state index contributed by atoms with van der Waals surface area (Å²) in [6.07, 6.45) is -0.368. The van der Waals surface area contributed by atoms with Crippen molar-refractivity contribution in [2.24, 2.45) is 5.92 Å². The Kier molecular flexibility index (Phi) is 5.38.